The van der Waals surface area contributed by atoms with E-state index in [1.807, 2.05) is 0 Å². The molecule has 2 saturated carbocycles. The SMILES string of the molecule is COc1ccc2c(c1)C(NC(C1CC1)C1CC1)CC2. The Labute approximate surface area is 115 Å². The summed E-state index contributed by atoms with van der Waals surface area (Å²) in [4.78, 5) is 0. The van der Waals surface area contributed by atoms with E-state index < -0.39 is 0 Å². The van der Waals surface area contributed by atoms with Gasteiger partial charge in [-0.25, -0.2) is 0 Å². The molecule has 0 spiro atoms. The standard InChI is InChI=1S/C17H23NO/c1-19-14-8-6-11-7-9-16(15(11)10-14)18-17(12-2-3-12)13-4-5-13/h6,8,10,12-13,16-18H,2-5,7,9H2,1H3. The monoisotopic (exact) mass is 257 g/mol. The molecule has 2 nitrogen and oxygen atoms in total. The number of ether oxygens (including phenoxy) is 1. The van der Waals surface area contributed by atoms with Gasteiger partial charge in [0.05, 0.1) is 7.11 Å². The maximum Gasteiger partial charge on any atom is 0.119 e. The minimum atomic E-state index is 0.566. The smallest absolute Gasteiger partial charge is 0.119 e. The summed E-state index contributed by atoms with van der Waals surface area (Å²) in [6.07, 6.45) is 8.28. The fraction of sp³-hybridized carbons (Fsp3) is 0.647. The molecule has 0 aliphatic heterocycles. The topological polar surface area (TPSA) is 21.3 Å². The van der Waals surface area contributed by atoms with Crippen LogP contribution in [0.4, 0.5) is 0 Å². The van der Waals surface area contributed by atoms with Crippen molar-refractivity contribution in [2.75, 3.05) is 7.11 Å². The quantitative estimate of drug-likeness (QED) is 0.872. The normalized spacial score (nSPS) is 25.7. The summed E-state index contributed by atoms with van der Waals surface area (Å²) < 4.78 is 5.38. The van der Waals surface area contributed by atoms with E-state index in [9.17, 15) is 0 Å². The largest absolute Gasteiger partial charge is 0.497 e. The maximum atomic E-state index is 5.38. The van der Waals surface area contributed by atoms with Gasteiger partial charge < -0.3 is 10.1 Å². The van der Waals surface area contributed by atoms with Crippen LogP contribution >= 0.6 is 0 Å². The molecule has 4 rings (SSSR count). The van der Waals surface area contributed by atoms with Crippen LogP contribution in [0, 0.1) is 11.8 Å². The van der Waals surface area contributed by atoms with Gasteiger partial charge >= 0.3 is 0 Å². The highest BCUT2D eigenvalue weighted by Gasteiger charge is 2.42. The summed E-state index contributed by atoms with van der Waals surface area (Å²) in [6.45, 7) is 0. The number of fused-ring (bicyclic) bond motifs is 1. The molecule has 0 radical (unpaired) electrons. The molecule has 0 bridgehead atoms. The van der Waals surface area contributed by atoms with Crippen molar-refractivity contribution in [1.82, 2.24) is 5.32 Å². The average molecular weight is 257 g/mol. The van der Waals surface area contributed by atoms with Gasteiger partial charge in [0.25, 0.3) is 0 Å². The van der Waals surface area contributed by atoms with Crippen LogP contribution in [-0.4, -0.2) is 13.2 Å². The molecule has 1 aromatic rings. The first-order valence-corrected chi connectivity index (χ1v) is 7.78. The fourth-order valence-corrected chi connectivity index (χ4v) is 3.68. The van der Waals surface area contributed by atoms with Crippen LogP contribution in [0.1, 0.15) is 49.3 Å². The van der Waals surface area contributed by atoms with Gasteiger partial charge in [-0.2, -0.15) is 0 Å². The van der Waals surface area contributed by atoms with Crippen LogP contribution in [-0.2, 0) is 6.42 Å². The third kappa shape index (κ3) is 2.27. The van der Waals surface area contributed by atoms with Crippen molar-refractivity contribution in [2.24, 2.45) is 11.8 Å². The number of rotatable bonds is 5. The van der Waals surface area contributed by atoms with Crippen molar-refractivity contribution < 1.29 is 4.74 Å². The lowest BCUT2D eigenvalue weighted by Gasteiger charge is -2.23. The van der Waals surface area contributed by atoms with E-state index in [0.717, 1.165) is 23.6 Å². The number of methoxy groups -OCH3 is 1. The van der Waals surface area contributed by atoms with Crippen LogP contribution in [0.2, 0.25) is 0 Å². The lowest BCUT2D eigenvalue weighted by molar-refractivity contribution is 0.362. The molecule has 2 heteroatoms. The van der Waals surface area contributed by atoms with Gasteiger partial charge in [-0.15, -0.1) is 0 Å². The molecule has 3 aliphatic carbocycles. The Hall–Kier alpha value is -1.02. The first-order chi connectivity index (χ1) is 9.35. The summed E-state index contributed by atoms with van der Waals surface area (Å²) >= 11 is 0. The molecule has 0 amide bonds. The second kappa shape index (κ2) is 4.52. The van der Waals surface area contributed by atoms with Crippen LogP contribution in [0.3, 0.4) is 0 Å². The molecule has 1 N–H and O–H groups in total. The molecule has 2 fully saturated rings. The number of nitrogens with one attached hydrogen (secondary N) is 1. The highest BCUT2D eigenvalue weighted by atomic mass is 16.5. The highest BCUT2D eigenvalue weighted by Crippen LogP contribution is 2.46. The molecule has 0 aromatic heterocycles. The van der Waals surface area contributed by atoms with Gasteiger partial charge in [-0.05, 0) is 73.6 Å². The Morgan fingerprint density at radius 1 is 1.11 bits per heavy atom. The summed E-state index contributed by atoms with van der Waals surface area (Å²) in [5.74, 6) is 2.95. The Morgan fingerprint density at radius 3 is 2.47 bits per heavy atom. The Balaban J connectivity index is 1.54. The van der Waals surface area contributed by atoms with Crippen LogP contribution in [0.15, 0.2) is 18.2 Å². The van der Waals surface area contributed by atoms with Gasteiger partial charge in [-0.1, -0.05) is 6.07 Å². The van der Waals surface area contributed by atoms with Crippen molar-refractivity contribution in [2.45, 2.75) is 50.6 Å². The number of benzene rings is 1. The van der Waals surface area contributed by atoms with E-state index in [4.69, 9.17) is 4.74 Å². The fourth-order valence-electron chi connectivity index (χ4n) is 3.68. The van der Waals surface area contributed by atoms with Crippen LogP contribution in [0.25, 0.3) is 0 Å². The van der Waals surface area contributed by atoms with Crippen LogP contribution < -0.4 is 10.1 Å². The number of aryl methyl sites for hydroxylation is 1. The first kappa shape index (κ1) is 11.8. The van der Waals surface area contributed by atoms with Gasteiger partial charge in [0.2, 0.25) is 0 Å². The Bertz CT molecular complexity index is 464. The molecule has 19 heavy (non-hydrogen) atoms. The lowest BCUT2D eigenvalue weighted by Crippen LogP contribution is -2.35. The van der Waals surface area contributed by atoms with Crippen molar-refractivity contribution in [1.29, 1.82) is 0 Å². The first-order valence-electron chi connectivity index (χ1n) is 7.78. The molecule has 3 aliphatic rings. The minimum absolute atomic E-state index is 0.566. The average Bonchev–Trinajstić information content (AvgIpc) is 3.34. The van der Waals surface area contributed by atoms with Gasteiger partial charge in [0.1, 0.15) is 5.75 Å². The van der Waals surface area contributed by atoms with Crippen molar-refractivity contribution in [3.63, 3.8) is 0 Å². The van der Waals surface area contributed by atoms with E-state index in [1.165, 1.54) is 49.7 Å². The second-order valence-electron chi connectivity index (χ2n) is 6.52. The molecule has 1 unspecified atom stereocenters. The number of hydrogen-bond donors (Lipinski definition) is 1. The maximum absolute atomic E-state index is 5.38. The molecule has 0 saturated heterocycles. The zero-order chi connectivity index (χ0) is 12.8. The molecular formula is C17H23NO. The molecule has 1 atom stereocenters. The van der Waals surface area contributed by atoms with E-state index in [2.05, 4.69) is 23.5 Å². The summed E-state index contributed by atoms with van der Waals surface area (Å²) in [5.41, 5.74) is 3.01. The lowest BCUT2D eigenvalue weighted by atomic mass is 10.0. The minimum Gasteiger partial charge on any atom is -0.497 e. The molecule has 102 valence electrons. The Kier molecular flexibility index (Phi) is 2.80. The molecule has 1 aromatic carbocycles. The third-order valence-electron chi connectivity index (χ3n) is 5.08. The predicted octanol–water partition coefficient (Wildman–Crippen LogP) is 3.46. The van der Waals surface area contributed by atoms with E-state index in [1.54, 1.807) is 7.11 Å². The zero-order valence-corrected chi connectivity index (χ0v) is 11.7. The Morgan fingerprint density at radius 2 is 1.84 bits per heavy atom. The summed E-state index contributed by atoms with van der Waals surface area (Å²) in [7, 11) is 1.76. The zero-order valence-electron chi connectivity index (χ0n) is 11.7. The van der Waals surface area contributed by atoms with E-state index in [0.29, 0.717) is 6.04 Å². The third-order valence-corrected chi connectivity index (χ3v) is 5.08. The van der Waals surface area contributed by atoms with E-state index >= 15 is 0 Å². The van der Waals surface area contributed by atoms with E-state index in [-0.39, 0.29) is 0 Å². The second-order valence-corrected chi connectivity index (χ2v) is 6.52. The predicted molar refractivity (Wildman–Crippen MR) is 76.4 cm³/mol. The summed E-state index contributed by atoms with van der Waals surface area (Å²) in [6, 6.07) is 7.95. The molecular weight excluding hydrogens is 234 g/mol. The van der Waals surface area contributed by atoms with Crippen molar-refractivity contribution in [3.8, 4) is 5.75 Å². The number of hydrogen-bond acceptors (Lipinski definition) is 2. The van der Waals surface area contributed by atoms with Gasteiger partial charge in [-0.3, -0.25) is 0 Å². The van der Waals surface area contributed by atoms with Gasteiger partial charge in [0.15, 0.2) is 0 Å². The van der Waals surface area contributed by atoms with Gasteiger partial charge in [0, 0.05) is 12.1 Å². The van der Waals surface area contributed by atoms with Crippen LogP contribution in [0.5, 0.6) is 5.75 Å². The molecule has 0 heterocycles. The van der Waals surface area contributed by atoms with Crippen molar-refractivity contribution in [3.05, 3.63) is 29.3 Å². The highest BCUT2D eigenvalue weighted by molar-refractivity contribution is 5.41. The van der Waals surface area contributed by atoms with Crippen molar-refractivity contribution >= 4 is 0 Å². The summed E-state index contributed by atoms with van der Waals surface area (Å²) in [5, 5.41) is 3.99.